The number of rotatable bonds is 4. The minimum Gasteiger partial charge on any atom is -0.419 e. The number of nitrogens with one attached hydrogen (secondary N) is 1. The van der Waals surface area contributed by atoms with Crippen molar-refractivity contribution in [3.05, 3.63) is 71.9 Å². The molecule has 0 saturated carbocycles. The molecule has 4 rings (SSSR count). The molecule has 0 aliphatic carbocycles. The molecule has 2 aromatic rings. The molecule has 2 fully saturated rings. The minimum absolute atomic E-state index is 0.0565. The van der Waals surface area contributed by atoms with Gasteiger partial charge in [-0.05, 0) is 36.4 Å². The van der Waals surface area contributed by atoms with Gasteiger partial charge in [0.15, 0.2) is 5.57 Å². The Bertz CT molecular complexity index is 1020. The first-order valence-electron chi connectivity index (χ1n) is 10.5. The number of anilines is 2. The van der Waals surface area contributed by atoms with Crippen LogP contribution in [0.2, 0.25) is 0 Å². The van der Waals surface area contributed by atoms with Crippen LogP contribution in [0.1, 0.15) is 24.2 Å². The lowest BCUT2D eigenvalue weighted by Gasteiger charge is -2.36. The number of nitrogens with zero attached hydrogens (tertiary/aromatic N) is 2. The summed E-state index contributed by atoms with van der Waals surface area (Å²) in [6, 6.07) is 16.9. The summed E-state index contributed by atoms with van der Waals surface area (Å²) >= 11 is 0. The monoisotopic (exact) mass is 435 g/mol. The molecule has 0 radical (unpaired) electrons. The van der Waals surface area contributed by atoms with Gasteiger partial charge in [0.25, 0.3) is 11.7 Å². The fourth-order valence-electron chi connectivity index (χ4n) is 3.63. The van der Waals surface area contributed by atoms with Crippen molar-refractivity contribution >= 4 is 29.2 Å². The lowest BCUT2D eigenvalue weighted by atomic mass is 10.1. The van der Waals surface area contributed by atoms with Crippen molar-refractivity contribution in [2.75, 3.05) is 36.4 Å². The van der Waals surface area contributed by atoms with Crippen LogP contribution in [0.25, 0.3) is 0 Å². The average molecular weight is 435 g/mol. The molecular weight excluding hydrogens is 410 g/mol. The van der Waals surface area contributed by atoms with Gasteiger partial charge in [0.1, 0.15) is 0 Å². The first-order chi connectivity index (χ1) is 15.3. The number of ether oxygens (including phenoxy) is 2. The molecule has 0 bridgehead atoms. The number of piperazine rings is 1. The van der Waals surface area contributed by atoms with Gasteiger partial charge in [-0.25, -0.2) is 9.59 Å². The Hall–Kier alpha value is -3.81. The normalized spacial score (nSPS) is 18.0. The average Bonchev–Trinajstić information content (AvgIpc) is 2.78. The standard InChI is InChI=1S/C24H25N3O5/c1-24(2)31-22(29)20(23(30)32-24)16-25-18-8-10-19(11-9-18)26-12-14-27(15-13-26)21(28)17-6-4-3-5-7-17/h3-11,16,25H,12-15H2,1-2H3. The topological polar surface area (TPSA) is 88.2 Å². The van der Waals surface area contributed by atoms with Gasteiger partial charge < -0.3 is 24.6 Å². The number of esters is 2. The van der Waals surface area contributed by atoms with Crippen LogP contribution in [0.15, 0.2) is 66.4 Å². The minimum atomic E-state index is -1.26. The van der Waals surface area contributed by atoms with Crippen LogP contribution in [0.4, 0.5) is 11.4 Å². The smallest absolute Gasteiger partial charge is 0.350 e. The van der Waals surface area contributed by atoms with Crippen molar-refractivity contribution in [1.29, 1.82) is 0 Å². The van der Waals surface area contributed by atoms with Crippen molar-refractivity contribution in [2.45, 2.75) is 19.6 Å². The summed E-state index contributed by atoms with van der Waals surface area (Å²) in [5.41, 5.74) is 2.27. The van der Waals surface area contributed by atoms with E-state index in [0.717, 1.165) is 18.8 Å². The van der Waals surface area contributed by atoms with Crippen molar-refractivity contribution in [3.8, 4) is 0 Å². The van der Waals surface area contributed by atoms with E-state index in [0.29, 0.717) is 24.3 Å². The molecule has 0 atom stereocenters. The molecule has 2 aliphatic rings. The molecule has 1 N–H and O–H groups in total. The van der Waals surface area contributed by atoms with Gasteiger partial charge in [0.2, 0.25) is 0 Å². The molecule has 0 aromatic heterocycles. The van der Waals surface area contributed by atoms with Crippen LogP contribution in [0.5, 0.6) is 0 Å². The van der Waals surface area contributed by atoms with Crippen LogP contribution < -0.4 is 10.2 Å². The van der Waals surface area contributed by atoms with E-state index in [1.165, 1.54) is 20.0 Å². The Morgan fingerprint density at radius 2 is 1.50 bits per heavy atom. The zero-order valence-corrected chi connectivity index (χ0v) is 18.0. The molecule has 8 heteroatoms. The third-order valence-electron chi connectivity index (χ3n) is 5.32. The third-order valence-corrected chi connectivity index (χ3v) is 5.32. The van der Waals surface area contributed by atoms with Crippen LogP contribution in [0, 0.1) is 0 Å². The summed E-state index contributed by atoms with van der Waals surface area (Å²) < 4.78 is 10.1. The van der Waals surface area contributed by atoms with Gasteiger partial charge >= 0.3 is 11.9 Å². The SMILES string of the molecule is CC1(C)OC(=O)C(=CNc2ccc(N3CCN(C(=O)c4ccccc4)CC3)cc2)C(=O)O1. The van der Waals surface area contributed by atoms with E-state index in [-0.39, 0.29) is 11.5 Å². The number of carbonyl (C=O) groups excluding carboxylic acids is 3. The van der Waals surface area contributed by atoms with E-state index >= 15 is 0 Å². The maximum absolute atomic E-state index is 12.6. The fourth-order valence-corrected chi connectivity index (χ4v) is 3.63. The van der Waals surface area contributed by atoms with Gasteiger partial charge in [-0.2, -0.15) is 0 Å². The highest BCUT2D eigenvalue weighted by atomic mass is 16.7. The largest absolute Gasteiger partial charge is 0.419 e. The van der Waals surface area contributed by atoms with Crippen molar-refractivity contribution in [1.82, 2.24) is 4.90 Å². The number of amides is 1. The summed E-state index contributed by atoms with van der Waals surface area (Å²) in [6.45, 7) is 5.79. The lowest BCUT2D eigenvalue weighted by molar-refractivity contribution is -0.222. The number of cyclic esters (lactones) is 2. The Balaban J connectivity index is 1.33. The second kappa shape index (κ2) is 8.74. The number of hydrogen-bond acceptors (Lipinski definition) is 7. The van der Waals surface area contributed by atoms with Gasteiger partial charge in [0, 0.05) is 63.2 Å². The third kappa shape index (κ3) is 4.74. The summed E-state index contributed by atoms with van der Waals surface area (Å²) in [6.07, 6.45) is 1.29. The van der Waals surface area contributed by atoms with Crippen molar-refractivity contribution in [2.24, 2.45) is 0 Å². The van der Waals surface area contributed by atoms with Gasteiger partial charge in [-0.3, -0.25) is 4.79 Å². The van der Waals surface area contributed by atoms with E-state index in [4.69, 9.17) is 9.47 Å². The van der Waals surface area contributed by atoms with Crippen molar-refractivity contribution in [3.63, 3.8) is 0 Å². The Labute approximate surface area is 186 Å². The molecule has 0 unspecified atom stereocenters. The van der Waals surface area contributed by atoms with E-state index in [1.807, 2.05) is 59.5 Å². The first-order valence-corrected chi connectivity index (χ1v) is 10.5. The van der Waals surface area contributed by atoms with Crippen molar-refractivity contribution < 1.29 is 23.9 Å². The van der Waals surface area contributed by atoms with E-state index in [2.05, 4.69) is 10.2 Å². The molecule has 166 valence electrons. The molecule has 8 nitrogen and oxygen atoms in total. The second-order valence-electron chi connectivity index (χ2n) is 8.07. The molecule has 0 spiro atoms. The zero-order chi connectivity index (χ0) is 22.7. The maximum atomic E-state index is 12.6. The molecule has 2 aliphatic heterocycles. The summed E-state index contributed by atoms with van der Waals surface area (Å²) in [5.74, 6) is -2.65. The second-order valence-corrected chi connectivity index (χ2v) is 8.07. The quantitative estimate of drug-likeness (QED) is 0.449. The van der Waals surface area contributed by atoms with Crippen LogP contribution >= 0.6 is 0 Å². The highest BCUT2D eigenvalue weighted by Gasteiger charge is 2.38. The van der Waals surface area contributed by atoms with E-state index < -0.39 is 17.7 Å². The van der Waals surface area contributed by atoms with E-state index in [9.17, 15) is 14.4 Å². The first kappa shape index (κ1) is 21.4. The Morgan fingerprint density at radius 3 is 2.09 bits per heavy atom. The number of hydrogen-bond donors (Lipinski definition) is 1. The predicted octanol–water partition coefficient (Wildman–Crippen LogP) is 2.78. The Morgan fingerprint density at radius 1 is 0.906 bits per heavy atom. The highest BCUT2D eigenvalue weighted by molar-refractivity contribution is 6.15. The van der Waals surface area contributed by atoms with Crippen LogP contribution in [-0.2, 0) is 19.1 Å². The molecule has 32 heavy (non-hydrogen) atoms. The molecule has 2 saturated heterocycles. The molecule has 1 amide bonds. The summed E-state index contributed by atoms with van der Waals surface area (Å²) in [7, 11) is 0. The van der Waals surface area contributed by atoms with Crippen LogP contribution in [0.3, 0.4) is 0 Å². The fraction of sp³-hybridized carbons (Fsp3) is 0.292. The van der Waals surface area contributed by atoms with Crippen LogP contribution in [-0.4, -0.2) is 54.7 Å². The van der Waals surface area contributed by atoms with Gasteiger partial charge in [0.05, 0.1) is 0 Å². The Kier molecular flexibility index (Phi) is 5.85. The summed E-state index contributed by atoms with van der Waals surface area (Å²) in [4.78, 5) is 40.7. The molecule has 2 heterocycles. The lowest BCUT2D eigenvalue weighted by Crippen LogP contribution is -2.48. The summed E-state index contributed by atoms with van der Waals surface area (Å²) in [5, 5.41) is 2.94. The number of benzene rings is 2. The molecular formula is C24H25N3O5. The zero-order valence-electron chi connectivity index (χ0n) is 18.0. The molecule has 2 aromatic carbocycles. The van der Waals surface area contributed by atoms with E-state index in [1.54, 1.807) is 0 Å². The maximum Gasteiger partial charge on any atom is 0.350 e. The highest BCUT2D eigenvalue weighted by Crippen LogP contribution is 2.24. The van der Waals surface area contributed by atoms with Gasteiger partial charge in [-0.1, -0.05) is 18.2 Å². The van der Waals surface area contributed by atoms with Gasteiger partial charge in [-0.15, -0.1) is 0 Å². The predicted molar refractivity (Wildman–Crippen MR) is 119 cm³/mol. The number of carbonyl (C=O) groups is 3.